The van der Waals surface area contributed by atoms with Crippen molar-refractivity contribution in [1.29, 1.82) is 0 Å². The van der Waals surface area contributed by atoms with Gasteiger partial charge in [0.05, 0.1) is 10.7 Å². The van der Waals surface area contributed by atoms with Gasteiger partial charge in [-0.25, -0.2) is 0 Å². The van der Waals surface area contributed by atoms with Crippen LogP contribution in [0.3, 0.4) is 0 Å². The van der Waals surface area contributed by atoms with Gasteiger partial charge in [0.2, 0.25) is 0 Å². The molecule has 1 saturated carbocycles. The van der Waals surface area contributed by atoms with E-state index in [1.807, 2.05) is 6.07 Å². The Morgan fingerprint density at radius 2 is 1.90 bits per heavy atom. The van der Waals surface area contributed by atoms with Gasteiger partial charge in [-0.2, -0.15) is 0 Å². The number of rotatable bonds is 6. The molecule has 3 heteroatoms. The zero-order valence-corrected chi connectivity index (χ0v) is 13.1. The highest BCUT2D eigenvalue weighted by Crippen LogP contribution is 2.32. The minimum Gasteiger partial charge on any atom is -0.341 e. The van der Waals surface area contributed by atoms with Gasteiger partial charge >= 0.3 is 0 Å². The molecule has 21 heavy (non-hydrogen) atoms. The Bertz CT molecular complexity index is 593. The van der Waals surface area contributed by atoms with Crippen molar-refractivity contribution in [2.45, 2.75) is 32.4 Å². The van der Waals surface area contributed by atoms with Gasteiger partial charge in [-0.1, -0.05) is 35.9 Å². The lowest BCUT2D eigenvalue weighted by Crippen LogP contribution is -2.17. The molecule has 0 heterocycles. The van der Waals surface area contributed by atoms with Crippen LogP contribution in [0.25, 0.3) is 0 Å². The Labute approximate surface area is 131 Å². The first-order valence-corrected chi connectivity index (χ1v) is 8.00. The van der Waals surface area contributed by atoms with Gasteiger partial charge in [-0.05, 0) is 49.6 Å². The van der Waals surface area contributed by atoms with Gasteiger partial charge in [-0.15, -0.1) is 0 Å². The molecule has 1 fully saturated rings. The largest absolute Gasteiger partial charge is 0.341 e. The number of benzene rings is 2. The Morgan fingerprint density at radius 3 is 2.52 bits per heavy atom. The number of halogens is 1. The van der Waals surface area contributed by atoms with Gasteiger partial charge in [0.25, 0.3) is 0 Å². The van der Waals surface area contributed by atoms with Gasteiger partial charge in [-0.3, -0.25) is 0 Å². The van der Waals surface area contributed by atoms with Crippen molar-refractivity contribution in [1.82, 2.24) is 5.32 Å². The minimum absolute atomic E-state index is 0.722. The number of anilines is 2. The van der Waals surface area contributed by atoms with E-state index in [4.69, 9.17) is 11.6 Å². The molecule has 2 aromatic carbocycles. The van der Waals surface area contributed by atoms with E-state index in [9.17, 15) is 0 Å². The Balaban J connectivity index is 1.79. The molecule has 0 bridgehead atoms. The predicted octanol–water partition coefficient (Wildman–Crippen LogP) is 4.75. The Morgan fingerprint density at radius 1 is 1.14 bits per heavy atom. The molecule has 1 aliphatic rings. The second kappa shape index (κ2) is 6.50. The van der Waals surface area contributed by atoms with Crippen molar-refractivity contribution in [3.05, 3.63) is 59.1 Å². The van der Waals surface area contributed by atoms with Crippen molar-refractivity contribution in [3.63, 3.8) is 0 Å². The van der Waals surface area contributed by atoms with E-state index in [2.05, 4.69) is 59.6 Å². The summed E-state index contributed by atoms with van der Waals surface area (Å²) in [5.41, 5.74) is 3.49. The summed E-state index contributed by atoms with van der Waals surface area (Å²) in [6.45, 7) is 3.94. The topological polar surface area (TPSA) is 15.3 Å². The van der Waals surface area contributed by atoms with Crippen LogP contribution in [0.5, 0.6) is 0 Å². The fraction of sp³-hybridized carbons (Fsp3) is 0.333. The number of para-hydroxylation sites is 1. The summed E-state index contributed by atoms with van der Waals surface area (Å²) >= 11 is 6.51. The molecule has 0 spiro atoms. The minimum atomic E-state index is 0.722. The maximum absolute atomic E-state index is 6.51. The smallest absolute Gasteiger partial charge is 0.0646 e. The summed E-state index contributed by atoms with van der Waals surface area (Å²) in [7, 11) is 0. The van der Waals surface area contributed by atoms with Crippen LogP contribution in [0, 0.1) is 0 Å². The monoisotopic (exact) mass is 300 g/mol. The molecule has 0 amide bonds. The van der Waals surface area contributed by atoms with E-state index in [0.29, 0.717) is 0 Å². The highest BCUT2D eigenvalue weighted by atomic mass is 35.5. The summed E-state index contributed by atoms with van der Waals surface area (Å²) in [6, 6.07) is 17.5. The third-order valence-electron chi connectivity index (χ3n) is 3.86. The van der Waals surface area contributed by atoms with E-state index in [-0.39, 0.29) is 0 Å². The van der Waals surface area contributed by atoms with Crippen molar-refractivity contribution >= 4 is 23.0 Å². The fourth-order valence-electron chi connectivity index (χ4n) is 2.53. The lowest BCUT2D eigenvalue weighted by atomic mass is 10.1. The van der Waals surface area contributed by atoms with Gasteiger partial charge in [0, 0.05) is 24.8 Å². The maximum Gasteiger partial charge on any atom is 0.0646 e. The van der Waals surface area contributed by atoms with Crippen LogP contribution in [0.2, 0.25) is 5.02 Å². The molecule has 0 saturated heterocycles. The summed E-state index contributed by atoms with van der Waals surface area (Å²) in [4.78, 5) is 2.24. The second-order valence-electron chi connectivity index (χ2n) is 5.52. The van der Waals surface area contributed by atoms with Crippen molar-refractivity contribution in [2.75, 3.05) is 11.4 Å². The molecule has 0 unspecified atom stereocenters. The van der Waals surface area contributed by atoms with Crippen LogP contribution < -0.4 is 10.2 Å². The highest BCUT2D eigenvalue weighted by Gasteiger charge is 2.20. The maximum atomic E-state index is 6.51. The third-order valence-corrected chi connectivity index (χ3v) is 4.16. The number of hydrogen-bond donors (Lipinski definition) is 1. The average Bonchev–Trinajstić information content (AvgIpc) is 3.33. The van der Waals surface area contributed by atoms with Crippen LogP contribution in [-0.4, -0.2) is 12.6 Å². The first-order valence-electron chi connectivity index (χ1n) is 7.62. The molecule has 0 atom stereocenters. The van der Waals surface area contributed by atoms with E-state index >= 15 is 0 Å². The first kappa shape index (κ1) is 14.4. The van der Waals surface area contributed by atoms with Crippen molar-refractivity contribution < 1.29 is 0 Å². The Kier molecular flexibility index (Phi) is 4.47. The SMILES string of the molecule is CCN(c1ccccc1)c1ccc(CNC2CC2)cc1Cl. The summed E-state index contributed by atoms with van der Waals surface area (Å²) in [5, 5.41) is 4.34. The van der Waals surface area contributed by atoms with E-state index in [0.717, 1.165) is 29.8 Å². The molecule has 0 aromatic heterocycles. The van der Waals surface area contributed by atoms with Crippen LogP contribution in [0.1, 0.15) is 25.3 Å². The fourth-order valence-corrected chi connectivity index (χ4v) is 2.83. The predicted molar refractivity (Wildman–Crippen MR) is 90.4 cm³/mol. The zero-order chi connectivity index (χ0) is 14.7. The summed E-state index contributed by atoms with van der Waals surface area (Å²) < 4.78 is 0. The normalized spacial score (nSPS) is 14.2. The molecule has 110 valence electrons. The lowest BCUT2D eigenvalue weighted by Gasteiger charge is -2.24. The number of hydrogen-bond acceptors (Lipinski definition) is 2. The lowest BCUT2D eigenvalue weighted by molar-refractivity contribution is 0.688. The standard InChI is InChI=1S/C18H21ClN2/c1-2-21(16-6-4-3-5-7-16)18-11-8-14(12-17(18)19)13-20-15-9-10-15/h3-8,11-12,15,20H,2,9-10,13H2,1H3. The number of nitrogens with one attached hydrogen (secondary N) is 1. The van der Waals surface area contributed by atoms with E-state index in [1.165, 1.54) is 24.1 Å². The van der Waals surface area contributed by atoms with Crippen LogP contribution in [0.4, 0.5) is 11.4 Å². The van der Waals surface area contributed by atoms with Gasteiger partial charge in [0.1, 0.15) is 0 Å². The number of nitrogens with zero attached hydrogens (tertiary/aromatic N) is 1. The van der Waals surface area contributed by atoms with Crippen LogP contribution in [0.15, 0.2) is 48.5 Å². The zero-order valence-electron chi connectivity index (χ0n) is 12.3. The van der Waals surface area contributed by atoms with E-state index in [1.54, 1.807) is 0 Å². The molecule has 3 rings (SSSR count). The summed E-state index contributed by atoms with van der Waals surface area (Å²) in [5.74, 6) is 0. The molecule has 0 aliphatic heterocycles. The van der Waals surface area contributed by atoms with Crippen molar-refractivity contribution in [3.8, 4) is 0 Å². The molecule has 2 nitrogen and oxygen atoms in total. The van der Waals surface area contributed by atoms with Crippen LogP contribution in [-0.2, 0) is 6.54 Å². The molecule has 0 radical (unpaired) electrons. The first-order chi connectivity index (χ1) is 10.3. The van der Waals surface area contributed by atoms with Gasteiger partial charge < -0.3 is 10.2 Å². The molecular weight excluding hydrogens is 280 g/mol. The van der Waals surface area contributed by atoms with Gasteiger partial charge in [0.15, 0.2) is 0 Å². The molecule has 1 N–H and O–H groups in total. The van der Waals surface area contributed by atoms with Crippen molar-refractivity contribution in [2.24, 2.45) is 0 Å². The summed E-state index contributed by atoms with van der Waals surface area (Å²) in [6.07, 6.45) is 2.62. The van der Waals surface area contributed by atoms with Crippen LogP contribution >= 0.6 is 11.6 Å². The highest BCUT2D eigenvalue weighted by molar-refractivity contribution is 6.33. The average molecular weight is 301 g/mol. The molecule has 2 aromatic rings. The molecular formula is C18H21ClN2. The second-order valence-corrected chi connectivity index (χ2v) is 5.93. The third kappa shape index (κ3) is 3.58. The van der Waals surface area contributed by atoms with E-state index < -0.39 is 0 Å². The quantitative estimate of drug-likeness (QED) is 0.828. The molecule has 1 aliphatic carbocycles. The Hall–Kier alpha value is -1.51.